The average molecular weight is 222 g/mol. The number of thiazole rings is 1. The standard InChI is InChI=1S/C11H14N2OS/c1-2-12-10(11-7-15-8-13-11)6-9-4-3-5-14-9/h3-5,7-8,10,12H,2,6H2,1H3. The van der Waals surface area contributed by atoms with E-state index in [1.54, 1.807) is 17.6 Å². The molecule has 4 heteroatoms. The van der Waals surface area contributed by atoms with E-state index in [4.69, 9.17) is 4.42 Å². The fourth-order valence-corrected chi connectivity index (χ4v) is 2.16. The van der Waals surface area contributed by atoms with Gasteiger partial charge in [0.1, 0.15) is 5.76 Å². The first-order chi connectivity index (χ1) is 7.40. The van der Waals surface area contributed by atoms with Crippen molar-refractivity contribution in [1.29, 1.82) is 0 Å². The van der Waals surface area contributed by atoms with Crippen LogP contribution in [0.3, 0.4) is 0 Å². The molecule has 0 saturated carbocycles. The lowest BCUT2D eigenvalue weighted by molar-refractivity contribution is 0.451. The molecule has 0 bridgehead atoms. The van der Waals surface area contributed by atoms with Crippen LogP contribution in [-0.2, 0) is 6.42 Å². The number of likely N-dealkylation sites (N-methyl/N-ethyl adjacent to an activating group) is 1. The van der Waals surface area contributed by atoms with Crippen LogP contribution in [0.15, 0.2) is 33.7 Å². The van der Waals surface area contributed by atoms with Crippen LogP contribution in [0.1, 0.15) is 24.4 Å². The van der Waals surface area contributed by atoms with Crippen molar-refractivity contribution >= 4 is 11.3 Å². The van der Waals surface area contributed by atoms with Gasteiger partial charge in [0.2, 0.25) is 0 Å². The molecule has 3 nitrogen and oxygen atoms in total. The van der Waals surface area contributed by atoms with Crippen molar-refractivity contribution in [1.82, 2.24) is 10.3 Å². The summed E-state index contributed by atoms with van der Waals surface area (Å²) in [6.45, 7) is 3.03. The highest BCUT2D eigenvalue weighted by molar-refractivity contribution is 7.07. The van der Waals surface area contributed by atoms with Crippen molar-refractivity contribution in [2.75, 3.05) is 6.54 Å². The van der Waals surface area contributed by atoms with Gasteiger partial charge in [-0.15, -0.1) is 11.3 Å². The average Bonchev–Trinajstić information content (AvgIpc) is 2.89. The van der Waals surface area contributed by atoms with Gasteiger partial charge in [-0.3, -0.25) is 0 Å². The number of rotatable bonds is 5. The maximum absolute atomic E-state index is 5.34. The molecule has 80 valence electrons. The molecule has 0 spiro atoms. The maximum atomic E-state index is 5.34. The molecular weight excluding hydrogens is 208 g/mol. The SMILES string of the molecule is CCNC(Cc1ccco1)c1cscn1. The lowest BCUT2D eigenvalue weighted by Gasteiger charge is -2.13. The third-order valence-electron chi connectivity index (χ3n) is 2.24. The van der Waals surface area contributed by atoms with E-state index in [1.807, 2.05) is 17.6 Å². The molecule has 2 rings (SSSR count). The minimum absolute atomic E-state index is 0.257. The Morgan fingerprint density at radius 2 is 2.53 bits per heavy atom. The van der Waals surface area contributed by atoms with Crippen LogP contribution in [0, 0.1) is 0 Å². The first kappa shape index (κ1) is 10.4. The molecule has 0 amide bonds. The van der Waals surface area contributed by atoms with Gasteiger partial charge < -0.3 is 9.73 Å². The molecule has 0 saturated heterocycles. The van der Waals surface area contributed by atoms with Crippen molar-refractivity contribution in [3.63, 3.8) is 0 Å². The second-order valence-corrected chi connectivity index (χ2v) is 4.03. The van der Waals surface area contributed by atoms with Gasteiger partial charge in [0.15, 0.2) is 0 Å². The largest absolute Gasteiger partial charge is 0.469 e. The highest BCUT2D eigenvalue weighted by Gasteiger charge is 2.14. The lowest BCUT2D eigenvalue weighted by atomic mass is 10.1. The van der Waals surface area contributed by atoms with Gasteiger partial charge in [0, 0.05) is 11.8 Å². The highest BCUT2D eigenvalue weighted by atomic mass is 32.1. The van der Waals surface area contributed by atoms with E-state index in [9.17, 15) is 0 Å². The summed E-state index contributed by atoms with van der Waals surface area (Å²) >= 11 is 1.62. The van der Waals surface area contributed by atoms with Crippen molar-refractivity contribution < 1.29 is 4.42 Å². The predicted octanol–water partition coefficient (Wildman–Crippen LogP) is 2.63. The van der Waals surface area contributed by atoms with Crippen LogP contribution in [0.4, 0.5) is 0 Å². The molecule has 15 heavy (non-hydrogen) atoms. The molecule has 0 radical (unpaired) electrons. The Balaban J connectivity index is 2.07. The number of aromatic nitrogens is 1. The maximum Gasteiger partial charge on any atom is 0.105 e. The van der Waals surface area contributed by atoms with E-state index >= 15 is 0 Å². The van der Waals surface area contributed by atoms with Crippen LogP contribution < -0.4 is 5.32 Å². The van der Waals surface area contributed by atoms with E-state index in [0.29, 0.717) is 0 Å². The molecule has 1 N–H and O–H groups in total. The molecule has 0 aliphatic carbocycles. The van der Waals surface area contributed by atoms with Crippen LogP contribution in [0.25, 0.3) is 0 Å². The molecule has 1 unspecified atom stereocenters. The van der Waals surface area contributed by atoms with Gasteiger partial charge >= 0.3 is 0 Å². The third-order valence-corrected chi connectivity index (χ3v) is 2.85. The summed E-state index contributed by atoms with van der Waals surface area (Å²) in [4.78, 5) is 4.33. The lowest BCUT2D eigenvalue weighted by Crippen LogP contribution is -2.23. The van der Waals surface area contributed by atoms with E-state index in [0.717, 1.165) is 24.4 Å². The minimum Gasteiger partial charge on any atom is -0.469 e. The zero-order chi connectivity index (χ0) is 10.5. The van der Waals surface area contributed by atoms with Crippen LogP contribution >= 0.6 is 11.3 Å². The summed E-state index contributed by atoms with van der Waals surface area (Å²) in [5.74, 6) is 0.994. The summed E-state index contributed by atoms with van der Waals surface area (Å²) < 4.78 is 5.34. The quantitative estimate of drug-likeness (QED) is 0.845. The van der Waals surface area contributed by atoms with Crippen LogP contribution in [0.2, 0.25) is 0 Å². The van der Waals surface area contributed by atoms with Crippen LogP contribution in [-0.4, -0.2) is 11.5 Å². The molecule has 2 heterocycles. The Morgan fingerprint density at radius 3 is 3.13 bits per heavy atom. The molecular formula is C11H14N2OS. The monoisotopic (exact) mass is 222 g/mol. The topological polar surface area (TPSA) is 38.1 Å². The number of hydrogen-bond donors (Lipinski definition) is 1. The van der Waals surface area contributed by atoms with Gasteiger partial charge in [-0.05, 0) is 18.7 Å². The van der Waals surface area contributed by atoms with Gasteiger partial charge in [-0.2, -0.15) is 0 Å². The molecule has 0 aliphatic rings. The fourth-order valence-electron chi connectivity index (χ4n) is 1.55. The number of hydrogen-bond acceptors (Lipinski definition) is 4. The molecule has 0 fully saturated rings. The first-order valence-electron chi connectivity index (χ1n) is 5.04. The summed E-state index contributed by atoms with van der Waals surface area (Å²) in [6, 6.07) is 4.17. The Bertz CT molecular complexity index is 369. The van der Waals surface area contributed by atoms with E-state index in [2.05, 4.69) is 22.6 Å². The second kappa shape index (κ2) is 5.09. The van der Waals surface area contributed by atoms with E-state index in [1.165, 1.54) is 0 Å². The van der Waals surface area contributed by atoms with Crippen molar-refractivity contribution in [2.45, 2.75) is 19.4 Å². The normalized spacial score (nSPS) is 12.9. The zero-order valence-corrected chi connectivity index (χ0v) is 9.46. The number of furan rings is 1. The molecule has 1 atom stereocenters. The first-order valence-corrected chi connectivity index (χ1v) is 5.98. The Hall–Kier alpha value is -1.13. The second-order valence-electron chi connectivity index (χ2n) is 3.31. The summed E-state index contributed by atoms with van der Waals surface area (Å²) in [6.07, 6.45) is 2.56. The molecule has 2 aromatic rings. The Morgan fingerprint density at radius 1 is 1.60 bits per heavy atom. The van der Waals surface area contributed by atoms with E-state index < -0.39 is 0 Å². The summed E-state index contributed by atoms with van der Waals surface area (Å²) in [5.41, 5.74) is 2.96. The van der Waals surface area contributed by atoms with Gasteiger partial charge in [0.25, 0.3) is 0 Å². The van der Waals surface area contributed by atoms with Gasteiger partial charge in [-0.1, -0.05) is 6.92 Å². The van der Waals surface area contributed by atoms with E-state index in [-0.39, 0.29) is 6.04 Å². The number of nitrogens with zero attached hydrogens (tertiary/aromatic N) is 1. The minimum atomic E-state index is 0.257. The van der Waals surface area contributed by atoms with Crippen molar-refractivity contribution in [3.8, 4) is 0 Å². The molecule has 0 aromatic carbocycles. The summed E-state index contributed by atoms with van der Waals surface area (Å²) in [5, 5.41) is 5.49. The Kier molecular flexibility index (Phi) is 3.53. The predicted molar refractivity (Wildman–Crippen MR) is 60.9 cm³/mol. The van der Waals surface area contributed by atoms with Crippen molar-refractivity contribution in [2.24, 2.45) is 0 Å². The Labute approximate surface area is 93.2 Å². The molecule has 0 aliphatic heterocycles. The van der Waals surface area contributed by atoms with Crippen molar-refractivity contribution in [3.05, 3.63) is 40.7 Å². The summed E-state index contributed by atoms with van der Waals surface area (Å²) in [7, 11) is 0. The zero-order valence-electron chi connectivity index (χ0n) is 8.64. The third kappa shape index (κ3) is 2.67. The fraction of sp³-hybridized carbons (Fsp3) is 0.364. The smallest absolute Gasteiger partial charge is 0.105 e. The molecule has 2 aromatic heterocycles. The highest BCUT2D eigenvalue weighted by Crippen LogP contribution is 2.18. The number of nitrogens with one attached hydrogen (secondary N) is 1. The van der Waals surface area contributed by atoms with Gasteiger partial charge in [0.05, 0.1) is 23.5 Å². The van der Waals surface area contributed by atoms with Crippen LogP contribution in [0.5, 0.6) is 0 Å². The van der Waals surface area contributed by atoms with Gasteiger partial charge in [-0.25, -0.2) is 4.98 Å².